The lowest BCUT2D eigenvalue weighted by atomic mass is 10.1. The van der Waals surface area contributed by atoms with E-state index >= 15 is 0 Å². The van der Waals surface area contributed by atoms with Gasteiger partial charge < -0.3 is 20.4 Å². The van der Waals surface area contributed by atoms with Crippen LogP contribution in [0, 0.1) is 0 Å². The van der Waals surface area contributed by atoms with Crippen LogP contribution in [0.4, 0.5) is 0 Å². The fraction of sp³-hybridized carbons (Fsp3) is 0.250. The second-order valence-electron chi connectivity index (χ2n) is 1.63. The molecule has 0 aromatic rings. The van der Waals surface area contributed by atoms with Crippen molar-refractivity contribution >= 4 is 17.9 Å². The third kappa shape index (κ3) is 1.27. The van der Waals surface area contributed by atoms with Crippen LogP contribution in [0.3, 0.4) is 0 Å². The van der Waals surface area contributed by atoms with Gasteiger partial charge in [-0.1, -0.05) is 0 Å². The highest BCUT2D eigenvalue weighted by molar-refractivity contribution is 6.19. The molecule has 11 heavy (non-hydrogen) atoms. The van der Waals surface area contributed by atoms with E-state index in [1.165, 1.54) is 0 Å². The lowest BCUT2D eigenvalue weighted by Crippen LogP contribution is -2.53. The van der Waals surface area contributed by atoms with Gasteiger partial charge in [0.25, 0.3) is 0 Å². The number of carbonyl (C=O) groups is 3. The van der Waals surface area contributed by atoms with Crippen molar-refractivity contribution in [1.29, 1.82) is 0 Å². The summed E-state index contributed by atoms with van der Waals surface area (Å²) in [5.74, 6) is -7.01. The normalized spacial score (nSPS) is 10.6. The zero-order chi connectivity index (χ0) is 9.23. The number of carboxylic acids is 3. The van der Waals surface area contributed by atoms with Crippen molar-refractivity contribution < 1.29 is 34.8 Å². The van der Waals surface area contributed by atoms with Crippen LogP contribution in [0.5, 0.6) is 0 Å². The van der Waals surface area contributed by atoms with E-state index in [9.17, 15) is 14.4 Å². The zero-order valence-electron chi connectivity index (χ0n) is 5.01. The van der Waals surface area contributed by atoms with E-state index in [2.05, 4.69) is 0 Å². The Kier molecular flexibility index (Phi) is 2.17. The van der Waals surface area contributed by atoms with E-state index in [1.54, 1.807) is 0 Å². The van der Waals surface area contributed by atoms with Crippen LogP contribution in [0.15, 0.2) is 0 Å². The molecule has 0 unspecified atom stereocenters. The summed E-state index contributed by atoms with van der Waals surface area (Å²) in [5.41, 5.74) is -3.75. The molecule has 0 heterocycles. The molecule has 0 bridgehead atoms. The summed E-state index contributed by atoms with van der Waals surface area (Å²) in [6.07, 6.45) is 0. The van der Waals surface area contributed by atoms with Gasteiger partial charge in [-0.25, -0.2) is 14.4 Å². The van der Waals surface area contributed by atoms with E-state index in [0.29, 0.717) is 0 Å². The van der Waals surface area contributed by atoms with Gasteiger partial charge in [-0.05, 0) is 0 Å². The van der Waals surface area contributed by atoms with Crippen molar-refractivity contribution in [3.05, 3.63) is 0 Å². The van der Waals surface area contributed by atoms with Crippen molar-refractivity contribution in [2.24, 2.45) is 0 Å². The maximum atomic E-state index is 9.89. The van der Waals surface area contributed by atoms with Crippen LogP contribution >= 0.6 is 0 Å². The Morgan fingerprint density at radius 3 is 1.00 bits per heavy atom. The average molecular weight is 164 g/mol. The zero-order valence-corrected chi connectivity index (χ0v) is 5.01. The highest BCUT2D eigenvalue weighted by atomic mass is 16.5. The van der Waals surface area contributed by atoms with Gasteiger partial charge in [-0.15, -0.1) is 0 Å². The summed E-state index contributed by atoms with van der Waals surface area (Å²) >= 11 is 0. The maximum absolute atomic E-state index is 9.89. The molecule has 0 spiro atoms. The third-order valence-electron chi connectivity index (χ3n) is 0.929. The second-order valence-corrected chi connectivity index (χ2v) is 1.63. The molecule has 0 rings (SSSR count). The molecule has 0 atom stereocenters. The molecular weight excluding hydrogens is 160 g/mol. The van der Waals surface area contributed by atoms with Crippen molar-refractivity contribution in [1.82, 2.24) is 0 Å². The molecule has 0 saturated carbocycles. The lowest BCUT2D eigenvalue weighted by molar-refractivity contribution is -0.186. The summed E-state index contributed by atoms with van der Waals surface area (Å²) in [6, 6.07) is 0. The van der Waals surface area contributed by atoms with Crippen LogP contribution in [-0.4, -0.2) is 43.9 Å². The van der Waals surface area contributed by atoms with Crippen LogP contribution in [-0.2, 0) is 14.4 Å². The first-order valence-corrected chi connectivity index (χ1v) is 2.26. The highest BCUT2D eigenvalue weighted by Gasteiger charge is 2.53. The second kappa shape index (κ2) is 2.54. The van der Waals surface area contributed by atoms with Gasteiger partial charge in [0.05, 0.1) is 0 Å². The fourth-order valence-electron chi connectivity index (χ4n) is 0.274. The van der Waals surface area contributed by atoms with E-state index in [4.69, 9.17) is 20.4 Å². The molecule has 0 fully saturated rings. The lowest BCUT2D eigenvalue weighted by Gasteiger charge is -2.11. The molecule has 4 N–H and O–H groups in total. The minimum atomic E-state index is -3.75. The van der Waals surface area contributed by atoms with E-state index in [1.807, 2.05) is 0 Å². The number of carboxylic acid groups (broad SMARTS) is 3. The molecule has 0 aliphatic heterocycles. The van der Waals surface area contributed by atoms with Crippen molar-refractivity contribution in [2.75, 3.05) is 0 Å². The van der Waals surface area contributed by atoms with Gasteiger partial charge in [0.2, 0.25) is 0 Å². The number of aliphatic hydroxyl groups is 1. The largest absolute Gasteiger partial charge is 0.478 e. The fourth-order valence-corrected chi connectivity index (χ4v) is 0.274. The SMILES string of the molecule is O=C(O)C(O)(C(=O)O)C(=O)O. The Morgan fingerprint density at radius 2 is 1.00 bits per heavy atom. The average Bonchev–Trinajstić information content (AvgIpc) is 1.84. The van der Waals surface area contributed by atoms with Gasteiger partial charge in [0.1, 0.15) is 0 Å². The predicted octanol–water partition coefficient (Wildman–Crippen LogP) is -2.03. The molecule has 0 amide bonds. The minimum absolute atomic E-state index is 2.34. The van der Waals surface area contributed by atoms with Crippen LogP contribution in [0.1, 0.15) is 0 Å². The molecule has 62 valence electrons. The van der Waals surface area contributed by atoms with Crippen LogP contribution in [0.2, 0.25) is 0 Å². The predicted molar refractivity (Wildman–Crippen MR) is 27.9 cm³/mol. The summed E-state index contributed by atoms with van der Waals surface area (Å²) < 4.78 is 0. The van der Waals surface area contributed by atoms with Crippen LogP contribution in [0.25, 0.3) is 0 Å². The quantitative estimate of drug-likeness (QED) is 0.353. The van der Waals surface area contributed by atoms with E-state index < -0.39 is 23.5 Å². The Balaban J connectivity index is 4.99. The van der Waals surface area contributed by atoms with Gasteiger partial charge in [0, 0.05) is 0 Å². The Labute approximate surface area is 59.5 Å². The first-order chi connectivity index (χ1) is 4.83. The van der Waals surface area contributed by atoms with Crippen molar-refractivity contribution in [3.63, 3.8) is 0 Å². The molecule has 0 radical (unpaired) electrons. The monoisotopic (exact) mass is 164 g/mol. The van der Waals surface area contributed by atoms with Gasteiger partial charge in [-0.2, -0.15) is 0 Å². The molecule has 7 heteroatoms. The topological polar surface area (TPSA) is 132 Å². The number of hydrogen-bond acceptors (Lipinski definition) is 4. The van der Waals surface area contributed by atoms with Gasteiger partial charge in [0.15, 0.2) is 0 Å². The molecule has 7 nitrogen and oxygen atoms in total. The van der Waals surface area contributed by atoms with Crippen molar-refractivity contribution in [3.8, 4) is 0 Å². The number of rotatable bonds is 3. The Morgan fingerprint density at radius 1 is 0.818 bits per heavy atom. The first kappa shape index (κ1) is 9.37. The maximum Gasteiger partial charge on any atom is 0.359 e. The van der Waals surface area contributed by atoms with Gasteiger partial charge in [-0.3, -0.25) is 0 Å². The smallest absolute Gasteiger partial charge is 0.359 e. The summed E-state index contributed by atoms with van der Waals surface area (Å²) in [6.45, 7) is 0. The minimum Gasteiger partial charge on any atom is -0.478 e. The first-order valence-electron chi connectivity index (χ1n) is 2.26. The van der Waals surface area contributed by atoms with E-state index in [0.717, 1.165) is 0 Å². The van der Waals surface area contributed by atoms with E-state index in [-0.39, 0.29) is 0 Å². The molecule has 0 aromatic heterocycles. The van der Waals surface area contributed by atoms with Crippen molar-refractivity contribution in [2.45, 2.75) is 5.60 Å². The summed E-state index contributed by atoms with van der Waals surface area (Å²) in [5, 5.41) is 32.3. The third-order valence-corrected chi connectivity index (χ3v) is 0.929. The molecule has 0 aromatic carbocycles. The Hall–Kier alpha value is -1.63. The van der Waals surface area contributed by atoms with Crippen LogP contribution < -0.4 is 0 Å². The molecule has 0 aliphatic carbocycles. The summed E-state index contributed by atoms with van der Waals surface area (Å²) in [7, 11) is 0. The molecule has 0 aliphatic rings. The molecule has 0 saturated heterocycles. The number of aliphatic carboxylic acids is 3. The highest BCUT2D eigenvalue weighted by Crippen LogP contribution is 2.04. The standard InChI is InChI=1S/C4H4O7/c5-1(6)4(11,2(7)8)3(9)10/h11H,(H,5,6)(H,7,8)(H,9,10). The summed E-state index contributed by atoms with van der Waals surface area (Å²) in [4.78, 5) is 29.7. The number of hydrogen-bond donors (Lipinski definition) is 4. The Bertz CT molecular complexity index is 180. The van der Waals surface area contributed by atoms with Gasteiger partial charge >= 0.3 is 23.5 Å². The molecular formula is C4H4O7.